The number of hydrogen-bond acceptors (Lipinski definition) is 3. The molecule has 1 N–H and O–H groups in total. The average Bonchev–Trinajstić information content (AvgIpc) is 3.16. The van der Waals surface area contributed by atoms with Crippen LogP contribution in [0.5, 0.6) is 11.5 Å². The van der Waals surface area contributed by atoms with Crippen LogP contribution < -0.4 is 9.47 Å². The zero-order valence-electron chi connectivity index (χ0n) is 16.9. The van der Waals surface area contributed by atoms with E-state index in [1.165, 1.54) is 12.1 Å². The van der Waals surface area contributed by atoms with Crippen LogP contribution in [0.4, 0.5) is 8.78 Å². The summed E-state index contributed by atoms with van der Waals surface area (Å²) in [6.45, 7) is 0. The van der Waals surface area contributed by atoms with Crippen LogP contribution in [0.3, 0.4) is 0 Å². The van der Waals surface area contributed by atoms with Gasteiger partial charge in [0.25, 0.3) is 0 Å². The Labute approximate surface area is 177 Å². The number of benzene rings is 3. The summed E-state index contributed by atoms with van der Waals surface area (Å²) in [5, 5.41) is 2.08. The van der Waals surface area contributed by atoms with Crippen molar-refractivity contribution in [3.05, 3.63) is 78.5 Å². The molecule has 0 amide bonds. The third-order valence-corrected chi connectivity index (χ3v) is 5.42. The number of fused-ring (bicyclic) bond motifs is 3. The molecule has 2 heterocycles. The van der Waals surface area contributed by atoms with E-state index in [0.29, 0.717) is 11.4 Å². The van der Waals surface area contributed by atoms with Crippen molar-refractivity contribution in [1.29, 1.82) is 0 Å². The molecule has 0 aliphatic carbocycles. The molecule has 5 rings (SSSR count). The Morgan fingerprint density at radius 1 is 0.839 bits per heavy atom. The topological polar surface area (TPSA) is 47.1 Å². The molecular weight excluding hydrogens is 398 g/mol. The molecule has 0 spiro atoms. The van der Waals surface area contributed by atoms with Crippen molar-refractivity contribution in [1.82, 2.24) is 9.97 Å². The van der Waals surface area contributed by atoms with Crippen LogP contribution in [0.1, 0.15) is 0 Å². The number of pyridine rings is 1. The maximum Gasteiger partial charge on any atom is 0.135 e. The molecule has 4 nitrogen and oxygen atoms in total. The Bertz CT molecular complexity index is 1440. The lowest BCUT2D eigenvalue weighted by molar-refractivity contribution is 0.415. The first-order chi connectivity index (χ1) is 15.1. The number of aromatic nitrogens is 2. The van der Waals surface area contributed by atoms with Crippen LogP contribution >= 0.6 is 0 Å². The van der Waals surface area contributed by atoms with Crippen molar-refractivity contribution in [2.45, 2.75) is 0 Å². The predicted octanol–water partition coefficient (Wildman–Crippen LogP) is 6.35. The van der Waals surface area contributed by atoms with Gasteiger partial charge < -0.3 is 14.5 Å². The normalized spacial score (nSPS) is 11.2. The number of ether oxygens (including phenoxy) is 2. The summed E-state index contributed by atoms with van der Waals surface area (Å²) < 4.78 is 38.7. The SMILES string of the molecule is COc1ccc2c(c1)[nH]c1c(-c3ccnc(-c4ccc(F)cc4F)c3)c(OC)ccc12. The van der Waals surface area contributed by atoms with E-state index in [1.54, 1.807) is 26.5 Å². The van der Waals surface area contributed by atoms with Gasteiger partial charge in [0.15, 0.2) is 0 Å². The smallest absolute Gasteiger partial charge is 0.135 e. The van der Waals surface area contributed by atoms with Gasteiger partial charge in [0.05, 0.1) is 30.9 Å². The first kappa shape index (κ1) is 19.1. The maximum absolute atomic E-state index is 14.4. The summed E-state index contributed by atoms with van der Waals surface area (Å²) in [4.78, 5) is 7.77. The van der Waals surface area contributed by atoms with E-state index in [2.05, 4.69) is 9.97 Å². The Balaban J connectivity index is 1.76. The maximum atomic E-state index is 14.4. The Morgan fingerprint density at radius 3 is 2.45 bits per heavy atom. The van der Waals surface area contributed by atoms with Crippen LogP contribution in [-0.2, 0) is 0 Å². The van der Waals surface area contributed by atoms with Gasteiger partial charge in [-0.15, -0.1) is 0 Å². The molecule has 0 bridgehead atoms. The summed E-state index contributed by atoms with van der Waals surface area (Å²) in [6.07, 6.45) is 1.61. The molecular formula is C25H18F2N2O2. The second kappa shape index (κ2) is 7.40. The second-order valence-corrected chi connectivity index (χ2v) is 7.16. The lowest BCUT2D eigenvalue weighted by Gasteiger charge is -2.12. The molecule has 0 radical (unpaired) electrons. The summed E-state index contributed by atoms with van der Waals surface area (Å²) in [5.74, 6) is 0.137. The number of nitrogens with zero attached hydrogens (tertiary/aromatic N) is 1. The molecule has 6 heteroatoms. The van der Waals surface area contributed by atoms with E-state index in [9.17, 15) is 8.78 Å². The van der Waals surface area contributed by atoms with Crippen LogP contribution in [0.15, 0.2) is 66.9 Å². The molecule has 2 aromatic heterocycles. The van der Waals surface area contributed by atoms with Gasteiger partial charge >= 0.3 is 0 Å². The van der Waals surface area contributed by atoms with E-state index in [1.807, 2.05) is 36.4 Å². The van der Waals surface area contributed by atoms with Gasteiger partial charge in [-0.2, -0.15) is 0 Å². The predicted molar refractivity (Wildman–Crippen MR) is 117 cm³/mol. The summed E-state index contributed by atoms with van der Waals surface area (Å²) in [6, 6.07) is 16.9. The van der Waals surface area contributed by atoms with Gasteiger partial charge in [-0.05, 0) is 54.1 Å². The number of rotatable bonds is 4. The highest BCUT2D eigenvalue weighted by Gasteiger charge is 2.17. The van der Waals surface area contributed by atoms with Gasteiger partial charge in [-0.25, -0.2) is 8.78 Å². The van der Waals surface area contributed by atoms with Crippen LogP contribution in [-0.4, -0.2) is 24.2 Å². The van der Waals surface area contributed by atoms with Crippen LogP contribution in [0.2, 0.25) is 0 Å². The van der Waals surface area contributed by atoms with Crippen molar-refractivity contribution in [3.8, 4) is 33.9 Å². The Morgan fingerprint density at radius 2 is 1.68 bits per heavy atom. The van der Waals surface area contributed by atoms with Crippen molar-refractivity contribution in [2.75, 3.05) is 14.2 Å². The zero-order valence-corrected chi connectivity index (χ0v) is 16.9. The monoisotopic (exact) mass is 416 g/mol. The fourth-order valence-electron chi connectivity index (χ4n) is 3.95. The number of H-pyrrole nitrogens is 1. The van der Waals surface area contributed by atoms with E-state index in [4.69, 9.17) is 9.47 Å². The fraction of sp³-hybridized carbons (Fsp3) is 0.0800. The van der Waals surface area contributed by atoms with Crippen LogP contribution in [0, 0.1) is 11.6 Å². The number of halogens is 2. The lowest BCUT2D eigenvalue weighted by Crippen LogP contribution is -1.93. The van der Waals surface area contributed by atoms with Gasteiger partial charge in [0, 0.05) is 40.2 Å². The number of aromatic amines is 1. The fourth-order valence-corrected chi connectivity index (χ4v) is 3.95. The van der Waals surface area contributed by atoms with E-state index >= 15 is 0 Å². The van der Waals surface area contributed by atoms with Crippen molar-refractivity contribution in [3.63, 3.8) is 0 Å². The molecule has 31 heavy (non-hydrogen) atoms. The largest absolute Gasteiger partial charge is 0.497 e. The zero-order chi connectivity index (χ0) is 21.5. The van der Waals surface area contributed by atoms with E-state index < -0.39 is 11.6 Å². The van der Waals surface area contributed by atoms with Crippen molar-refractivity contribution in [2.24, 2.45) is 0 Å². The van der Waals surface area contributed by atoms with Gasteiger partial charge in [-0.1, -0.05) is 0 Å². The Kier molecular flexibility index (Phi) is 4.55. The molecule has 5 aromatic rings. The molecule has 0 fully saturated rings. The standard InChI is InChI=1S/C25H18F2N2O2/c1-30-16-4-6-17-18-7-8-23(31-2)24(25(18)29-22(17)13-16)14-9-10-28-21(11-14)19-5-3-15(26)12-20(19)27/h3-13,29H,1-2H3. The average molecular weight is 416 g/mol. The molecule has 0 atom stereocenters. The Hall–Kier alpha value is -3.93. The van der Waals surface area contributed by atoms with Gasteiger partial charge in [-0.3, -0.25) is 4.98 Å². The second-order valence-electron chi connectivity index (χ2n) is 7.16. The molecule has 0 saturated carbocycles. The molecule has 0 unspecified atom stereocenters. The lowest BCUT2D eigenvalue weighted by atomic mass is 9.99. The number of hydrogen-bond donors (Lipinski definition) is 1. The summed E-state index contributed by atoms with van der Waals surface area (Å²) >= 11 is 0. The minimum Gasteiger partial charge on any atom is -0.497 e. The van der Waals surface area contributed by atoms with Crippen molar-refractivity contribution < 1.29 is 18.3 Å². The van der Waals surface area contributed by atoms with Gasteiger partial charge in [0.1, 0.15) is 23.1 Å². The highest BCUT2D eigenvalue weighted by molar-refractivity contribution is 6.13. The minimum atomic E-state index is -0.660. The first-order valence-electron chi connectivity index (χ1n) is 9.67. The molecule has 3 aromatic carbocycles. The molecule has 154 valence electrons. The molecule has 0 aliphatic rings. The molecule has 0 aliphatic heterocycles. The highest BCUT2D eigenvalue weighted by atomic mass is 19.1. The third-order valence-electron chi connectivity index (χ3n) is 5.42. The minimum absolute atomic E-state index is 0.232. The van der Waals surface area contributed by atoms with Gasteiger partial charge in [0.2, 0.25) is 0 Å². The van der Waals surface area contributed by atoms with E-state index in [0.717, 1.165) is 44.7 Å². The number of nitrogens with one attached hydrogen (secondary N) is 1. The first-order valence-corrected chi connectivity index (χ1v) is 9.67. The summed E-state index contributed by atoms with van der Waals surface area (Å²) in [5.41, 5.74) is 4.10. The third kappa shape index (κ3) is 3.17. The van der Waals surface area contributed by atoms with Crippen LogP contribution in [0.25, 0.3) is 44.2 Å². The highest BCUT2D eigenvalue weighted by Crippen LogP contribution is 2.41. The van der Waals surface area contributed by atoms with E-state index in [-0.39, 0.29) is 5.56 Å². The number of methoxy groups -OCH3 is 2. The quantitative estimate of drug-likeness (QED) is 0.372. The van der Waals surface area contributed by atoms with Crippen molar-refractivity contribution >= 4 is 21.8 Å². The molecule has 0 saturated heterocycles. The summed E-state index contributed by atoms with van der Waals surface area (Å²) in [7, 11) is 3.24.